The lowest BCUT2D eigenvalue weighted by molar-refractivity contribution is -0.126. The van der Waals surface area contributed by atoms with Gasteiger partial charge < -0.3 is 5.32 Å². The van der Waals surface area contributed by atoms with Crippen LogP contribution in [0, 0.1) is 17.2 Å². The molecule has 2 aliphatic rings. The second kappa shape index (κ2) is 6.19. The summed E-state index contributed by atoms with van der Waals surface area (Å²) in [6, 6.07) is 2.76. The highest BCUT2D eigenvalue weighted by molar-refractivity contribution is 5.81. The monoisotopic (exact) mass is 249 g/mol. The van der Waals surface area contributed by atoms with Crippen LogP contribution in [0.2, 0.25) is 0 Å². The Morgan fingerprint density at radius 1 is 1.22 bits per heavy atom. The van der Waals surface area contributed by atoms with Crippen molar-refractivity contribution in [2.45, 2.75) is 57.0 Å². The van der Waals surface area contributed by atoms with E-state index in [4.69, 9.17) is 0 Å². The molecule has 0 radical (unpaired) electrons. The number of nitriles is 1. The molecule has 100 valence electrons. The molecule has 1 aliphatic carbocycles. The molecule has 1 heterocycles. The summed E-state index contributed by atoms with van der Waals surface area (Å²) in [5, 5.41) is 12.1. The van der Waals surface area contributed by atoms with Crippen molar-refractivity contribution in [3.8, 4) is 6.07 Å². The van der Waals surface area contributed by atoms with E-state index in [-0.39, 0.29) is 17.9 Å². The number of carbonyl (C=O) groups is 1. The molecule has 3 atom stereocenters. The third kappa shape index (κ3) is 2.67. The van der Waals surface area contributed by atoms with E-state index in [1.807, 2.05) is 0 Å². The van der Waals surface area contributed by atoms with Crippen LogP contribution in [0.3, 0.4) is 0 Å². The Morgan fingerprint density at radius 3 is 2.72 bits per heavy atom. The van der Waals surface area contributed by atoms with Crippen molar-refractivity contribution < 1.29 is 4.79 Å². The minimum Gasteiger partial charge on any atom is -0.358 e. The normalized spacial score (nSPS) is 33.7. The van der Waals surface area contributed by atoms with E-state index in [1.165, 1.54) is 12.8 Å². The predicted molar refractivity (Wildman–Crippen MR) is 69.8 cm³/mol. The Bertz CT molecular complexity index is 336. The van der Waals surface area contributed by atoms with Crippen LogP contribution in [0.1, 0.15) is 44.9 Å². The van der Waals surface area contributed by atoms with Crippen molar-refractivity contribution in [2.75, 3.05) is 13.6 Å². The van der Waals surface area contributed by atoms with Crippen molar-refractivity contribution in [2.24, 2.45) is 5.92 Å². The summed E-state index contributed by atoms with van der Waals surface area (Å²) in [5.74, 6) is 0.228. The largest absolute Gasteiger partial charge is 0.358 e. The first-order valence-corrected chi connectivity index (χ1v) is 7.15. The Morgan fingerprint density at radius 2 is 2.00 bits per heavy atom. The van der Waals surface area contributed by atoms with Gasteiger partial charge in [-0.25, -0.2) is 0 Å². The summed E-state index contributed by atoms with van der Waals surface area (Å²) in [7, 11) is 1.70. The number of likely N-dealkylation sites (N-methyl/N-ethyl adjacent to an activating group) is 1. The molecule has 4 nitrogen and oxygen atoms in total. The molecule has 0 aromatic rings. The van der Waals surface area contributed by atoms with Gasteiger partial charge in [-0.15, -0.1) is 0 Å². The van der Waals surface area contributed by atoms with E-state index >= 15 is 0 Å². The van der Waals surface area contributed by atoms with E-state index in [0.717, 1.165) is 38.6 Å². The summed E-state index contributed by atoms with van der Waals surface area (Å²) in [5.41, 5.74) is 0. The highest BCUT2D eigenvalue weighted by atomic mass is 16.2. The zero-order chi connectivity index (χ0) is 13.0. The molecular formula is C14H23N3O. The molecule has 2 rings (SSSR count). The van der Waals surface area contributed by atoms with Crippen LogP contribution in [0.15, 0.2) is 0 Å². The van der Waals surface area contributed by atoms with E-state index in [2.05, 4.69) is 16.3 Å². The van der Waals surface area contributed by atoms with Crippen molar-refractivity contribution in [1.29, 1.82) is 5.26 Å². The first kappa shape index (κ1) is 13.4. The average Bonchev–Trinajstić information content (AvgIpc) is 2.76. The van der Waals surface area contributed by atoms with Crippen LogP contribution in [0.25, 0.3) is 0 Å². The van der Waals surface area contributed by atoms with Gasteiger partial charge in [0.1, 0.15) is 0 Å². The number of hydrogen-bond acceptors (Lipinski definition) is 3. The smallest absolute Gasteiger partial charge is 0.237 e. The summed E-state index contributed by atoms with van der Waals surface area (Å²) >= 11 is 0. The summed E-state index contributed by atoms with van der Waals surface area (Å²) < 4.78 is 0. The third-order valence-electron chi connectivity index (χ3n) is 4.41. The Kier molecular flexibility index (Phi) is 4.60. The Hall–Kier alpha value is -1.08. The fourth-order valence-electron chi connectivity index (χ4n) is 3.47. The number of hydrogen-bond donors (Lipinski definition) is 1. The molecule has 1 aliphatic heterocycles. The Labute approximate surface area is 109 Å². The SMILES string of the molecule is CNC(=O)C1CCCN1C1CCCCCC1C#N. The summed E-state index contributed by atoms with van der Waals surface area (Å²) in [6.45, 7) is 0.973. The van der Waals surface area contributed by atoms with Gasteiger partial charge in [-0.3, -0.25) is 9.69 Å². The number of likely N-dealkylation sites (tertiary alicyclic amines) is 1. The second-order valence-electron chi connectivity index (χ2n) is 5.45. The van der Waals surface area contributed by atoms with Crippen molar-refractivity contribution in [3.05, 3.63) is 0 Å². The van der Waals surface area contributed by atoms with Crippen LogP contribution in [-0.2, 0) is 4.79 Å². The Balaban J connectivity index is 2.11. The summed E-state index contributed by atoms with van der Waals surface area (Å²) in [4.78, 5) is 14.2. The number of nitrogens with zero attached hydrogens (tertiary/aromatic N) is 2. The van der Waals surface area contributed by atoms with Crippen LogP contribution < -0.4 is 5.32 Å². The highest BCUT2D eigenvalue weighted by Crippen LogP contribution is 2.32. The van der Waals surface area contributed by atoms with Gasteiger partial charge in [0.2, 0.25) is 5.91 Å². The van der Waals surface area contributed by atoms with E-state index in [0.29, 0.717) is 6.04 Å². The van der Waals surface area contributed by atoms with Crippen molar-refractivity contribution in [1.82, 2.24) is 10.2 Å². The molecule has 1 N–H and O–H groups in total. The first-order valence-electron chi connectivity index (χ1n) is 7.15. The van der Waals surface area contributed by atoms with Gasteiger partial charge in [0.25, 0.3) is 0 Å². The van der Waals surface area contributed by atoms with Gasteiger partial charge in [-0.1, -0.05) is 19.3 Å². The lowest BCUT2D eigenvalue weighted by Crippen LogP contribution is -2.49. The standard InChI is InChI=1S/C14H23N3O/c1-16-14(18)13-8-5-9-17(13)12-7-4-2-3-6-11(12)10-15/h11-13H,2-9H2,1H3,(H,16,18). The number of amides is 1. The van der Waals surface area contributed by atoms with E-state index < -0.39 is 0 Å². The number of nitrogens with one attached hydrogen (secondary N) is 1. The van der Waals surface area contributed by atoms with Crippen molar-refractivity contribution in [3.63, 3.8) is 0 Å². The number of carbonyl (C=O) groups excluding carboxylic acids is 1. The zero-order valence-electron chi connectivity index (χ0n) is 11.2. The molecule has 0 aromatic carbocycles. The van der Waals surface area contributed by atoms with E-state index in [9.17, 15) is 10.1 Å². The summed E-state index contributed by atoms with van der Waals surface area (Å²) in [6.07, 6.45) is 7.67. The minimum atomic E-state index is -0.00560. The molecule has 1 saturated carbocycles. The highest BCUT2D eigenvalue weighted by Gasteiger charge is 2.38. The first-order chi connectivity index (χ1) is 8.77. The van der Waals surface area contributed by atoms with Gasteiger partial charge >= 0.3 is 0 Å². The van der Waals surface area contributed by atoms with E-state index in [1.54, 1.807) is 7.05 Å². The third-order valence-corrected chi connectivity index (χ3v) is 4.41. The topological polar surface area (TPSA) is 56.1 Å². The van der Waals surface area contributed by atoms with Crippen molar-refractivity contribution >= 4 is 5.91 Å². The van der Waals surface area contributed by atoms with Gasteiger partial charge in [0.15, 0.2) is 0 Å². The molecule has 2 fully saturated rings. The fraction of sp³-hybridized carbons (Fsp3) is 0.857. The van der Waals surface area contributed by atoms with Gasteiger partial charge in [-0.05, 0) is 32.2 Å². The van der Waals surface area contributed by atoms with Gasteiger partial charge in [-0.2, -0.15) is 5.26 Å². The maximum absolute atomic E-state index is 11.9. The molecule has 4 heteroatoms. The van der Waals surface area contributed by atoms with Crippen LogP contribution >= 0.6 is 0 Å². The molecule has 3 unspecified atom stereocenters. The molecule has 0 spiro atoms. The number of rotatable bonds is 2. The molecule has 0 aromatic heterocycles. The van der Waals surface area contributed by atoms with Gasteiger partial charge in [0, 0.05) is 13.1 Å². The average molecular weight is 249 g/mol. The second-order valence-corrected chi connectivity index (χ2v) is 5.45. The predicted octanol–water partition coefficient (Wildman–Crippen LogP) is 1.67. The molecule has 18 heavy (non-hydrogen) atoms. The molecular weight excluding hydrogens is 226 g/mol. The zero-order valence-corrected chi connectivity index (χ0v) is 11.2. The quantitative estimate of drug-likeness (QED) is 0.757. The van der Waals surface area contributed by atoms with Crippen LogP contribution in [0.5, 0.6) is 0 Å². The lowest BCUT2D eigenvalue weighted by atomic mass is 9.94. The molecule has 1 amide bonds. The van der Waals surface area contributed by atoms with Crippen LogP contribution in [-0.4, -0.2) is 36.5 Å². The maximum atomic E-state index is 11.9. The molecule has 1 saturated heterocycles. The van der Waals surface area contributed by atoms with Crippen LogP contribution in [0.4, 0.5) is 0 Å². The van der Waals surface area contributed by atoms with Gasteiger partial charge in [0.05, 0.1) is 18.0 Å². The molecule has 0 bridgehead atoms. The lowest BCUT2D eigenvalue weighted by Gasteiger charge is -2.34. The maximum Gasteiger partial charge on any atom is 0.237 e. The fourth-order valence-corrected chi connectivity index (χ4v) is 3.47. The minimum absolute atomic E-state index is 0.00560.